The van der Waals surface area contributed by atoms with E-state index in [2.05, 4.69) is 0 Å². The highest BCUT2D eigenvalue weighted by molar-refractivity contribution is 6.12. The molecule has 0 fully saturated rings. The van der Waals surface area contributed by atoms with Crippen LogP contribution in [0.3, 0.4) is 0 Å². The summed E-state index contributed by atoms with van der Waals surface area (Å²) in [5.41, 5.74) is -0.225. The van der Waals surface area contributed by atoms with E-state index >= 15 is 0 Å². The van der Waals surface area contributed by atoms with E-state index in [9.17, 15) is 25.1 Å². The fourth-order valence-electron chi connectivity index (χ4n) is 1.64. The van der Waals surface area contributed by atoms with Gasteiger partial charge in [-0.2, -0.15) is 0 Å². The molecule has 0 atom stereocenters. The number of phenolic OH excluding ortho intramolecular Hbond substituents is 2. The van der Waals surface area contributed by atoms with Crippen LogP contribution < -0.4 is 0 Å². The number of nitro benzene ring substituents is 1. The van der Waals surface area contributed by atoms with Gasteiger partial charge in [-0.15, -0.1) is 0 Å². The summed E-state index contributed by atoms with van der Waals surface area (Å²) in [6.45, 7) is 0. The van der Waals surface area contributed by atoms with Gasteiger partial charge >= 0.3 is 0 Å². The second-order valence-electron chi connectivity index (χ2n) is 3.80. The summed E-state index contributed by atoms with van der Waals surface area (Å²) < 4.78 is 0. The van der Waals surface area contributed by atoms with E-state index < -0.39 is 10.7 Å². The van der Waals surface area contributed by atoms with Gasteiger partial charge in [0.25, 0.3) is 5.69 Å². The van der Waals surface area contributed by atoms with Crippen LogP contribution in [0.1, 0.15) is 15.9 Å². The fourth-order valence-corrected chi connectivity index (χ4v) is 1.64. The topological polar surface area (TPSA) is 101 Å². The molecule has 0 bridgehead atoms. The molecule has 0 aromatic heterocycles. The molecule has 2 aromatic rings. The standard InChI is InChI=1S/C13H9NO5/c15-10-2-1-3-11(16)12(10)13(17)8-4-6-9(7-5-8)14(18)19/h1-7,15-16H. The Kier molecular flexibility index (Phi) is 3.15. The summed E-state index contributed by atoms with van der Waals surface area (Å²) in [5, 5.41) is 29.7. The third-order valence-corrected chi connectivity index (χ3v) is 2.59. The Bertz CT molecular complexity index is 628. The summed E-state index contributed by atoms with van der Waals surface area (Å²) in [7, 11) is 0. The van der Waals surface area contributed by atoms with E-state index in [1.54, 1.807) is 0 Å². The largest absolute Gasteiger partial charge is 0.507 e. The number of carbonyl (C=O) groups is 1. The van der Waals surface area contributed by atoms with Gasteiger partial charge in [-0.05, 0) is 24.3 Å². The van der Waals surface area contributed by atoms with Gasteiger partial charge < -0.3 is 10.2 Å². The van der Waals surface area contributed by atoms with Crippen LogP contribution in [0.25, 0.3) is 0 Å². The van der Waals surface area contributed by atoms with Crippen LogP contribution in [0.4, 0.5) is 5.69 Å². The molecule has 19 heavy (non-hydrogen) atoms. The molecule has 0 spiro atoms. The maximum atomic E-state index is 12.1. The van der Waals surface area contributed by atoms with Crippen molar-refractivity contribution in [2.75, 3.05) is 0 Å². The first-order valence-electron chi connectivity index (χ1n) is 5.31. The van der Waals surface area contributed by atoms with E-state index in [4.69, 9.17) is 0 Å². The second kappa shape index (κ2) is 4.77. The molecule has 96 valence electrons. The van der Waals surface area contributed by atoms with E-state index in [-0.39, 0.29) is 28.3 Å². The minimum absolute atomic E-state index is 0.141. The van der Waals surface area contributed by atoms with Crippen LogP contribution in [-0.4, -0.2) is 20.9 Å². The number of nitro groups is 1. The summed E-state index contributed by atoms with van der Waals surface area (Å²) in [5.74, 6) is -1.29. The SMILES string of the molecule is O=C(c1ccc([N+](=O)[O-])cc1)c1c(O)cccc1O. The number of benzene rings is 2. The predicted octanol–water partition coefficient (Wildman–Crippen LogP) is 2.24. The average Bonchev–Trinajstić information content (AvgIpc) is 2.38. The van der Waals surface area contributed by atoms with Crippen molar-refractivity contribution in [2.24, 2.45) is 0 Å². The first kappa shape index (κ1) is 12.6. The van der Waals surface area contributed by atoms with Crippen LogP contribution >= 0.6 is 0 Å². The molecular weight excluding hydrogens is 250 g/mol. The van der Waals surface area contributed by atoms with Gasteiger partial charge in [-0.3, -0.25) is 14.9 Å². The zero-order valence-corrected chi connectivity index (χ0v) is 9.61. The van der Waals surface area contributed by atoms with Crippen molar-refractivity contribution >= 4 is 11.5 Å². The Morgan fingerprint density at radius 2 is 1.53 bits per heavy atom. The van der Waals surface area contributed by atoms with Gasteiger partial charge in [0.2, 0.25) is 5.78 Å². The first-order valence-corrected chi connectivity index (χ1v) is 5.31. The number of hydrogen-bond acceptors (Lipinski definition) is 5. The van der Waals surface area contributed by atoms with Gasteiger partial charge in [-0.1, -0.05) is 6.07 Å². The molecule has 0 aliphatic rings. The molecular formula is C13H9NO5. The van der Waals surface area contributed by atoms with Crippen molar-refractivity contribution in [1.82, 2.24) is 0 Å². The lowest BCUT2D eigenvalue weighted by Crippen LogP contribution is -2.02. The molecule has 2 aromatic carbocycles. The molecule has 0 aliphatic heterocycles. The van der Waals surface area contributed by atoms with Crippen LogP contribution in [0.2, 0.25) is 0 Å². The van der Waals surface area contributed by atoms with Gasteiger partial charge in [0.1, 0.15) is 17.1 Å². The summed E-state index contributed by atoms with van der Waals surface area (Å²) in [6, 6.07) is 8.86. The van der Waals surface area contributed by atoms with Crippen molar-refractivity contribution in [3.63, 3.8) is 0 Å². The Morgan fingerprint density at radius 1 is 1.00 bits per heavy atom. The molecule has 0 aliphatic carbocycles. The van der Waals surface area contributed by atoms with Crippen molar-refractivity contribution in [2.45, 2.75) is 0 Å². The molecule has 0 saturated heterocycles. The van der Waals surface area contributed by atoms with Crippen LogP contribution in [-0.2, 0) is 0 Å². The highest BCUT2D eigenvalue weighted by atomic mass is 16.6. The number of ketones is 1. The van der Waals surface area contributed by atoms with Crippen LogP contribution in [0.15, 0.2) is 42.5 Å². The van der Waals surface area contributed by atoms with Crippen molar-refractivity contribution < 1.29 is 19.9 Å². The molecule has 2 rings (SSSR count). The molecule has 0 unspecified atom stereocenters. The van der Waals surface area contributed by atoms with Gasteiger partial charge in [0.15, 0.2) is 0 Å². The minimum atomic E-state index is -0.606. The number of aromatic hydroxyl groups is 2. The lowest BCUT2D eigenvalue weighted by Gasteiger charge is -2.05. The molecule has 0 saturated carbocycles. The number of non-ortho nitro benzene ring substituents is 1. The Balaban J connectivity index is 2.42. The van der Waals surface area contributed by atoms with Crippen molar-refractivity contribution in [3.8, 4) is 11.5 Å². The Morgan fingerprint density at radius 3 is 2.00 bits per heavy atom. The number of phenols is 2. The normalized spacial score (nSPS) is 10.1. The highest BCUT2D eigenvalue weighted by Gasteiger charge is 2.18. The monoisotopic (exact) mass is 259 g/mol. The number of nitrogens with zero attached hydrogens (tertiary/aromatic N) is 1. The molecule has 0 radical (unpaired) electrons. The maximum Gasteiger partial charge on any atom is 0.269 e. The maximum absolute atomic E-state index is 12.1. The van der Waals surface area contributed by atoms with E-state index in [0.717, 1.165) is 0 Å². The number of carbonyl (C=O) groups excluding carboxylic acids is 1. The van der Waals surface area contributed by atoms with Gasteiger partial charge in [0.05, 0.1) is 4.92 Å². The average molecular weight is 259 g/mol. The number of rotatable bonds is 3. The first-order chi connectivity index (χ1) is 9.00. The third kappa shape index (κ3) is 2.37. The lowest BCUT2D eigenvalue weighted by atomic mass is 10.0. The van der Waals surface area contributed by atoms with Crippen molar-refractivity contribution in [1.29, 1.82) is 0 Å². The predicted molar refractivity (Wildman–Crippen MR) is 66.3 cm³/mol. The summed E-state index contributed by atoms with van der Waals surface area (Å²) in [4.78, 5) is 22.0. The summed E-state index contributed by atoms with van der Waals surface area (Å²) >= 11 is 0. The lowest BCUT2D eigenvalue weighted by molar-refractivity contribution is -0.384. The fraction of sp³-hybridized carbons (Fsp3) is 0. The molecule has 2 N–H and O–H groups in total. The van der Waals surface area contributed by atoms with E-state index in [1.165, 1.54) is 42.5 Å². The van der Waals surface area contributed by atoms with Gasteiger partial charge in [0, 0.05) is 17.7 Å². The Labute approximate surface area is 107 Å². The third-order valence-electron chi connectivity index (χ3n) is 2.59. The molecule has 6 nitrogen and oxygen atoms in total. The zero-order chi connectivity index (χ0) is 14.0. The molecule has 6 heteroatoms. The Hall–Kier alpha value is -2.89. The van der Waals surface area contributed by atoms with Gasteiger partial charge in [-0.25, -0.2) is 0 Å². The quantitative estimate of drug-likeness (QED) is 0.500. The van der Waals surface area contributed by atoms with Crippen LogP contribution in [0.5, 0.6) is 11.5 Å². The highest BCUT2D eigenvalue weighted by Crippen LogP contribution is 2.29. The number of hydrogen-bond donors (Lipinski definition) is 2. The molecule has 0 heterocycles. The minimum Gasteiger partial charge on any atom is -0.507 e. The van der Waals surface area contributed by atoms with E-state index in [0.29, 0.717) is 0 Å². The van der Waals surface area contributed by atoms with E-state index in [1.807, 2.05) is 0 Å². The zero-order valence-electron chi connectivity index (χ0n) is 9.61. The van der Waals surface area contributed by atoms with Crippen molar-refractivity contribution in [3.05, 3.63) is 63.7 Å². The summed E-state index contributed by atoms with van der Waals surface area (Å²) in [6.07, 6.45) is 0. The second-order valence-corrected chi connectivity index (χ2v) is 3.80. The molecule has 0 amide bonds. The smallest absolute Gasteiger partial charge is 0.269 e. The van der Waals surface area contributed by atoms with Crippen LogP contribution in [0, 0.1) is 10.1 Å².